The minimum atomic E-state index is -0.00133. The molecule has 0 unspecified atom stereocenters. The number of rotatable bonds is 7. The molecule has 0 spiro atoms. The number of thiophene rings is 1. The average Bonchev–Trinajstić information content (AvgIpc) is 3.72. The first-order valence-corrected chi connectivity index (χ1v) is 13.7. The Morgan fingerprint density at radius 2 is 1.86 bits per heavy atom. The number of nitrogens with two attached hydrogens (primary N) is 1. The van der Waals surface area contributed by atoms with Crippen molar-refractivity contribution in [1.29, 1.82) is 0 Å². The van der Waals surface area contributed by atoms with Gasteiger partial charge >= 0.3 is 0 Å². The fourth-order valence-electron chi connectivity index (χ4n) is 4.36. The molecule has 0 saturated carbocycles. The molecule has 37 heavy (non-hydrogen) atoms. The van der Waals surface area contributed by atoms with E-state index < -0.39 is 0 Å². The third-order valence-corrected chi connectivity index (χ3v) is 8.00. The Morgan fingerprint density at radius 1 is 1.00 bits per heavy atom. The molecule has 1 amide bonds. The third-order valence-electron chi connectivity index (χ3n) is 6.20. The van der Waals surface area contributed by atoms with E-state index in [0.29, 0.717) is 44.2 Å². The molecule has 186 valence electrons. The summed E-state index contributed by atoms with van der Waals surface area (Å²) in [5, 5.41) is 13.7. The van der Waals surface area contributed by atoms with Gasteiger partial charge in [-0.3, -0.25) is 4.79 Å². The average molecular weight is 529 g/mol. The van der Waals surface area contributed by atoms with E-state index in [-0.39, 0.29) is 5.91 Å². The minimum absolute atomic E-state index is 0.00133. The third kappa shape index (κ3) is 4.66. The zero-order chi connectivity index (χ0) is 25.2. The van der Waals surface area contributed by atoms with Gasteiger partial charge in [-0.25, -0.2) is 4.98 Å². The molecular formula is C27H24N6O2S2. The Hall–Kier alpha value is -3.86. The number of ether oxygens (including phenoxy) is 1. The summed E-state index contributed by atoms with van der Waals surface area (Å²) < 4.78 is 7.85. The van der Waals surface area contributed by atoms with Gasteiger partial charge in [0.2, 0.25) is 0 Å². The predicted octanol–water partition coefficient (Wildman–Crippen LogP) is 4.79. The maximum absolute atomic E-state index is 13.2. The second-order valence-electron chi connectivity index (χ2n) is 8.54. The highest BCUT2D eigenvalue weighted by Crippen LogP contribution is 2.35. The monoisotopic (exact) mass is 528 g/mol. The first kappa shape index (κ1) is 23.5. The number of benzene rings is 2. The second kappa shape index (κ2) is 10.3. The second-order valence-corrected chi connectivity index (χ2v) is 10.3. The van der Waals surface area contributed by atoms with E-state index in [0.717, 1.165) is 33.4 Å². The topological polar surface area (TPSA) is 99.2 Å². The van der Waals surface area contributed by atoms with Gasteiger partial charge in [0.1, 0.15) is 23.1 Å². The molecule has 6 rings (SSSR count). The number of carbonyl (C=O) groups is 1. The Kier molecular flexibility index (Phi) is 6.52. The van der Waals surface area contributed by atoms with Crippen molar-refractivity contribution in [3.8, 4) is 38.3 Å². The van der Waals surface area contributed by atoms with Crippen molar-refractivity contribution in [2.75, 3.05) is 19.7 Å². The molecule has 0 radical (unpaired) electrons. The number of hydrogen-bond acceptors (Lipinski definition) is 8. The van der Waals surface area contributed by atoms with Crippen LogP contribution in [0, 0.1) is 0 Å². The first-order valence-electron chi connectivity index (χ1n) is 11.9. The summed E-state index contributed by atoms with van der Waals surface area (Å²) in [6.45, 7) is 2.49. The summed E-state index contributed by atoms with van der Waals surface area (Å²) in [5.41, 5.74) is 9.08. The summed E-state index contributed by atoms with van der Waals surface area (Å²) in [4.78, 5) is 21.0. The molecule has 5 aromatic rings. The number of carbonyl (C=O) groups excluding carboxylic acids is 1. The van der Waals surface area contributed by atoms with E-state index in [2.05, 4.69) is 26.2 Å². The Balaban J connectivity index is 1.19. The molecular weight excluding hydrogens is 504 g/mol. The van der Waals surface area contributed by atoms with Gasteiger partial charge in [0, 0.05) is 35.5 Å². The van der Waals surface area contributed by atoms with Crippen molar-refractivity contribution in [2.24, 2.45) is 5.73 Å². The molecule has 0 fully saturated rings. The Morgan fingerprint density at radius 3 is 2.68 bits per heavy atom. The van der Waals surface area contributed by atoms with Crippen molar-refractivity contribution in [2.45, 2.75) is 13.1 Å². The van der Waals surface area contributed by atoms with E-state index in [4.69, 9.17) is 15.5 Å². The van der Waals surface area contributed by atoms with Crippen molar-refractivity contribution in [1.82, 2.24) is 24.6 Å². The smallest absolute Gasteiger partial charge is 0.254 e. The largest absolute Gasteiger partial charge is 0.492 e. The lowest BCUT2D eigenvalue weighted by molar-refractivity contribution is 0.0708. The van der Waals surface area contributed by atoms with Crippen molar-refractivity contribution >= 4 is 28.6 Å². The van der Waals surface area contributed by atoms with Gasteiger partial charge in [-0.2, -0.15) is 0 Å². The summed E-state index contributed by atoms with van der Waals surface area (Å²) in [6, 6.07) is 19.7. The van der Waals surface area contributed by atoms with E-state index in [9.17, 15) is 4.79 Å². The van der Waals surface area contributed by atoms with Gasteiger partial charge in [0.15, 0.2) is 11.6 Å². The predicted molar refractivity (Wildman–Crippen MR) is 146 cm³/mol. The summed E-state index contributed by atoms with van der Waals surface area (Å²) in [5.74, 6) is 2.23. The molecule has 0 bridgehead atoms. The summed E-state index contributed by atoms with van der Waals surface area (Å²) >= 11 is 3.22. The molecule has 1 aliphatic heterocycles. The van der Waals surface area contributed by atoms with Gasteiger partial charge in [-0.05, 0) is 41.3 Å². The Labute approximate surface area is 222 Å². The molecule has 0 saturated heterocycles. The van der Waals surface area contributed by atoms with Gasteiger partial charge in [0.25, 0.3) is 5.91 Å². The fraction of sp³-hybridized carbons (Fsp3) is 0.185. The Bertz CT molecular complexity index is 1520. The lowest BCUT2D eigenvalue weighted by atomic mass is 10.1. The van der Waals surface area contributed by atoms with Crippen LogP contribution in [0.5, 0.6) is 5.75 Å². The van der Waals surface area contributed by atoms with Crippen LogP contribution in [0.4, 0.5) is 0 Å². The number of fused-ring (bicyclic) bond motifs is 1. The summed E-state index contributed by atoms with van der Waals surface area (Å²) in [7, 11) is 0. The van der Waals surface area contributed by atoms with Crippen LogP contribution in [0.2, 0.25) is 0 Å². The van der Waals surface area contributed by atoms with Crippen LogP contribution in [0.25, 0.3) is 32.5 Å². The van der Waals surface area contributed by atoms with E-state index in [1.54, 1.807) is 11.3 Å². The summed E-state index contributed by atoms with van der Waals surface area (Å²) in [6.07, 6.45) is 0. The highest BCUT2D eigenvalue weighted by atomic mass is 32.1. The number of amides is 1. The maximum atomic E-state index is 13.2. The van der Waals surface area contributed by atoms with Crippen LogP contribution in [-0.2, 0) is 13.1 Å². The van der Waals surface area contributed by atoms with E-state index in [1.807, 2.05) is 64.9 Å². The van der Waals surface area contributed by atoms with E-state index in [1.165, 1.54) is 16.2 Å². The quantitative estimate of drug-likeness (QED) is 0.326. The molecule has 10 heteroatoms. The highest BCUT2D eigenvalue weighted by molar-refractivity contribution is 7.13. The van der Waals surface area contributed by atoms with Crippen LogP contribution in [-0.4, -0.2) is 50.3 Å². The van der Waals surface area contributed by atoms with Crippen molar-refractivity contribution in [3.63, 3.8) is 0 Å². The fourth-order valence-corrected chi connectivity index (χ4v) is 5.92. The normalized spacial score (nSPS) is 12.9. The highest BCUT2D eigenvalue weighted by Gasteiger charge is 2.27. The van der Waals surface area contributed by atoms with Gasteiger partial charge < -0.3 is 19.9 Å². The molecule has 1 aliphatic rings. The number of nitrogens with zero attached hydrogens (tertiary/aromatic N) is 5. The molecule has 2 N–H and O–H groups in total. The van der Waals surface area contributed by atoms with Gasteiger partial charge in [0.05, 0.1) is 12.1 Å². The zero-order valence-electron chi connectivity index (χ0n) is 19.9. The molecule has 0 atom stereocenters. The van der Waals surface area contributed by atoms with Gasteiger partial charge in [-0.15, -0.1) is 32.9 Å². The number of aromatic nitrogens is 4. The first-order chi connectivity index (χ1) is 18.2. The molecule has 8 nitrogen and oxygen atoms in total. The number of hydrogen-bond donors (Lipinski definition) is 1. The molecule has 4 heterocycles. The minimum Gasteiger partial charge on any atom is -0.492 e. The van der Waals surface area contributed by atoms with Crippen LogP contribution in [0.15, 0.2) is 71.4 Å². The van der Waals surface area contributed by atoms with Crippen LogP contribution in [0.3, 0.4) is 0 Å². The SMILES string of the molecule is NCCOc1ccccc1-c1nc(-c2nnc3n2CCN(C(=O)c2ccc(-c4cccs4)cc2)C3)cs1. The van der Waals surface area contributed by atoms with Crippen molar-refractivity contribution in [3.05, 3.63) is 82.8 Å². The lowest BCUT2D eigenvalue weighted by Crippen LogP contribution is -2.38. The zero-order valence-corrected chi connectivity index (χ0v) is 21.5. The molecule has 2 aromatic carbocycles. The van der Waals surface area contributed by atoms with Crippen LogP contribution in [0.1, 0.15) is 16.2 Å². The standard InChI is InChI=1S/C27H24N6O2S2/c28-11-14-35-22-5-2-1-4-20(22)26-29-21(17-37-26)25-31-30-24-16-32(12-13-33(24)25)27(34)19-9-7-18(8-10-19)23-6-3-15-36-23/h1-10,15,17H,11-14,16,28H2. The van der Waals surface area contributed by atoms with Crippen LogP contribution < -0.4 is 10.5 Å². The van der Waals surface area contributed by atoms with E-state index >= 15 is 0 Å². The van der Waals surface area contributed by atoms with Crippen molar-refractivity contribution < 1.29 is 9.53 Å². The maximum Gasteiger partial charge on any atom is 0.254 e. The number of thiazole rings is 1. The lowest BCUT2D eigenvalue weighted by Gasteiger charge is -2.27. The van der Waals surface area contributed by atoms with Crippen LogP contribution >= 0.6 is 22.7 Å². The molecule has 0 aliphatic carbocycles. The number of para-hydroxylation sites is 1. The molecule has 3 aromatic heterocycles. The van der Waals surface area contributed by atoms with Gasteiger partial charge in [-0.1, -0.05) is 30.3 Å².